The molecule has 1 aliphatic rings. The Balaban J connectivity index is 0.00000128. The Morgan fingerprint density at radius 3 is 2.94 bits per heavy atom. The summed E-state index contributed by atoms with van der Waals surface area (Å²) >= 11 is 5.90. The summed E-state index contributed by atoms with van der Waals surface area (Å²) in [5, 5.41) is 8.13. The molecule has 1 fully saturated rings. The maximum atomic E-state index is 8.13. The van der Waals surface area contributed by atoms with Gasteiger partial charge in [-0.05, 0) is 37.3 Å². The molecule has 2 atom stereocenters. The Labute approximate surface area is 108 Å². The molecule has 0 saturated heterocycles. The number of alkyl halides is 1. The lowest BCUT2D eigenvalue weighted by atomic mass is 9.79. The smallest absolute Gasteiger partial charge is 0.0594 e. The van der Waals surface area contributed by atoms with Crippen molar-refractivity contribution in [3.8, 4) is 0 Å². The summed E-state index contributed by atoms with van der Waals surface area (Å²) in [6.07, 6.45) is 6.56. The van der Waals surface area contributed by atoms with E-state index in [4.69, 9.17) is 17.0 Å². The van der Waals surface area contributed by atoms with Gasteiger partial charge in [0.2, 0.25) is 0 Å². The average molecular weight is 261 g/mol. The van der Waals surface area contributed by atoms with Gasteiger partial charge in [0.05, 0.1) is 11.4 Å². The van der Waals surface area contributed by atoms with Gasteiger partial charge in [0.15, 0.2) is 0 Å². The minimum atomic E-state index is 0. The van der Waals surface area contributed by atoms with Crippen molar-refractivity contribution in [1.82, 2.24) is 4.98 Å². The largest absolute Gasteiger partial charge is 0.360 e. The fourth-order valence-electron chi connectivity index (χ4n) is 2.41. The van der Waals surface area contributed by atoms with Crippen molar-refractivity contribution in [2.24, 2.45) is 11.8 Å². The molecule has 90 valence electrons. The van der Waals surface area contributed by atoms with Crippen molar-refractivity contribution in [3.63, 3.8) is 0 Å². The zero-order valence-electron chi connectivity index (χ0n) is 9.21. The molecule has 1 saturated carbocycles. The molecule has 0 amide bonds. The zero-order chi connectivity index (χ0) is 10.7. The highest BCUT2D eigenvalue weighted by Gasteiger charge is 2.25. The maximum absolute atomic E-state index is 8.13. The molecule has 0 bridgehead atoms. The van der Waals surface area contributed by atoms with Crippen LogP contribution >= 0.6 is 24.0 Å². The number of H-pyrrole nitrogens is 1. The summed E-state index contributed by atoms with van der Waals surface area (Å²) in [5.41, 5.74) is 1.73. The molecule has 1 aliphatic carbocycles. The van der Waals surface area contributed by atoms with Gasteiger partial charge in [0, 0.05) is 18.0 Å². The van der Waals surface area contributed by atoms with Gasteiger partial charge in [0.25, 0.3) is 0 Å². The number of nitrogens with one attached hydrogen (secondary N) is 2. The third-order valence-corrected chi connectivity index (χ3v) is 3.73. The van der Waals surface area contributed by atoms with E-state index in [1.165, 1.54) is 12.8 Å². The molecule has 0 radical (unpaired) electrons. The van der Waals surface area contributed by atoms with E-state index in [1.807, 2.05) is 18.3 Å². The lowest BCUT2D eigenvalue weighted by molar-refractivity contribution is 0.342. The molecule has 2 N–H and O–H groups in total. The van der Waals surface area contributed by atoms with Crippen LogP contribution in [0.1, 0.15) is 31.4 Å². The van der Waals surface area contributed by atoms with Crippen molar-refractivity contribution in [2.75, 3.05) is 5.88 Å². The minimum absolute atomic E-state index is 0. The van der Waals surface area contributed by atoms with Crippen molar-refractivity contribution in [1.29, 1.82) is 5.41 Å². The summed E-state index contributed by atoms with van der Waals surface area (Å²) in [5.74, 6) is 1.76. The third-order valence-electron chi connectivity index (χ3n) is 3.30. The highest BCUT2D eigenvalue weighted by atomic mass is 35.5. The molecule has 0 aliphatic heterocycles. The van der Waals surface area contributed by atoms with E-state index in [-0.39, 0.29) is 12.4 Å². The third kappa shape index (κ3) is 3.02. The van der Waals surface area contributed by atoms with E-state index in [0.29, 0.717) is 11.8 Å². The topological polar surface area (TPSA) is 39.6 Å². The van der Waals surface area contributed by atoms with Gasteiger partial charge in [0.1, 0.15) is 0 Å². The zero-order valence-corrected chi connectivity index (χ0v) is 10.8. The second-order valence-corrected chi connectivity index (χ2v) is 4.69. The molecular weight excluding hydrogens is 243 g/mol. The highest BCUT2D eigenvalue weighted by Crippen LogP contribution is 2.31. The normalized spacial score (nSPS) is 24.8. The molecule has 1 aromatic rings. The first kappa shape index (κ1) is 13.6. The van der Waals surface area contributed by atoms with Crippen molar-refractivity contribution in [3.05, 3.63) is 24.0 Å². The van der Waals surface area contributed by atoms with Gasteiger partial charge in [-0.1, -0.05) is 6.42 Å². The number of hydrogen-bond acceptors (Lipinski definition) is 1. The van der Waals surface area contributed by atoms with Gasteiger partial charge < -0.3 is 10.4 Å². The fourth-order valence-corrected chi connectivity index (χ4v) is 2.69. The summed E-state index contributed by atoms with van der Waals surface area (Å²) in [4.78, 5) is 3.11. The van der Waals surface area contributed by atoms with Gasteiger partial charge in [-0.25, -0.2) is 0 Å². The number of hydrogen-bond donors (Lipinski definition) is 2. The van der Waals surface area contributed by atoms with E-state index < -0.39 is 0 Å². The van der Waals surface area contributed by atoms with Crippen LogP contribution in [0.4, 0.5) is 0 Å². The van der Waals surface area contributed by atoms with Gasteiger partial charge >= 0.3 is 0 Å². The summed E-state index contributed by atoms with van der Waals surface area (Å²) in [7, 11) is 0. The van der Waals surface area contributed by atoms with Crippen LogP contribution in [0.25, 0.3) is 0 Å². The Kier molecular flexibility index (Phi) is 5.36. The van der Waals surface area contributed by atoms with Crippen LogP contribution in [0.2, 0.25) is 0 Å². The molecular formula is C12H18Cl2N2. The predicted octanol–water partition coefficient (Wildman–Crippen LogP) is 3.85. The maximum Gasteiger partial charge on any atom is 0.0594 e. The fraction of sp³-hybridized carbons (Fsp3) is 0.583. The Morgan fingerprint density at radius 1 is 1.50 bits per heavy atom. The molecule has 16 heavy (non-hydrogen) atoms. The van der Waals surface area contributed by atoms with Crippen LogP contribution in [0, 0.1) is 17.2 Å². The molecule has 2 nitrogen and oxygen atoms in total. The number of aromatic nitrogens is 1. The molecule has 2 unspecified atom stereocenters. The number of rotatable bonds is 3. The molecule has 1 aromatic heterocycles. The number of aromatic amines is 1. The van der Waals surface area contributed by atoms with Gasteiger partial charge in [-0.15, -0.1) is 24.0 Å². The Hall–Kier alpha value is -0.470. The van der Waals surface area contributed by atoms with Crippen LogP contribution in [-0.2, 0) is 0 Å². The second kappa shape index (κ2) is 6.31. The Bertz CT molecular complexity index is 322. The quantitative estimate of drug-likeness (QED) is 0.613. The van der Waals surface area contributed by atoms with Crippen LogP contribution in [0.15, 0.2) is 18.3 Å². The van der Waals surface area contributed by atoms with E-state index in [2.05, 4.69) is 4.98 Å². The van der Waals surface area contributed by atoms with E-state index in [0.717, 1.165) is 30.1 Å². The molecule has 4 heteroatoms. The van der Waals surface area contributed by atoms with Crippen LogP contribution in [-0.4, -0.2) is 16.6 Å². The monoisotopic (exact) mass is 260 g/mol. The summed E-state index contributed by atoms with van der Waals surface area (Å²) < 4.78 is 0. The number of halogens is 2. The molecule has 1 heterocycles. The van der Waals surface area contributed by atoms with Crippen molar-refractivity contribution < 1.29 is 0 Å². The van der Waals surface area contributed by atoms with Crippen molar-refractivity contribution >= 4 is 29.7 Å². The first-order valence-electron chi connectivity index (χ1n) is 5.59. The van der Waals surface area contributed by atoms with Gasteiger partial charge in [-0.2, -0.15) is 0 Å². The van der Waals surface area contributed by atoms with E-state index in [1.54, 1.807) is 0 Å². The lowest BCUT2D eigenvalue weighted by Gasteiger charge is -2.27. The first-order chi connectivity index (χ1) is 7.31. The predicted molar refractivity (Wildman–Crippen MR) is 71.0 cm³/mol. The lowest BCUT2D eigenvalue weighted by Crippen LogP contribution is -2.24. The molecule has 0 spiro atoms. The van der Waals surface area contributed by atoms with Crippen LogP contribution in [0.5, 0.6) is 0 Å². The standard InChI is InChI=1S/C12H17ClN2.ClH/c13-8-9-3-1-4-10(7-9)12(14)11-5-2-6-15-11;/h2,5-6,9-10,14-15H,1,3-4,7-8H2;1H. The second-order valence-electron chi connectivity index (χ2n) is 4.38. The Morgan fingerprint density at radius 2 is 2.31 bits per heavy atom. The average Bonchev–Trinajstić information content (AvgIpc) is 2.81. The first-order valence-corrected chi connectivity index (χ1v) is 6.13. The molecule has 2 rings (SSSR count). The van der Waals surface area contributed by atoms with Crippen LogP contribution < -0.4 is 0 Å². The summed E-state index contributed by atoms with van der Waals surface area (Å²) in [6, 6.07) is 3.93. The van der Waals surface area contributed by atoms with Crippen LogP contribution in [0.3, 0.4) is 0 Å². The van der Waals surface area contributed by atoms with E-state index >= 15 is 0 Å². The minimum Gasteiger partial charge on any atom is -0.360 e. The van der Waals surface area contributed by atoms with E-state index in [9.17, 15) is 0 Å². The SMILES string of the molecule is Cl.N=C(c1ccc[nH]1)C1CCCC(CCl)C1. The molecule has 0 aromatic carbocycles. The summed E-state index contributed by atoms with van der Waals surface area (Å²) in [6.45, 7) is 0. The highest BCUT2D eigenvalue weighted by molar-refractivity contribution is 6.18. The van der Waals surface area contributed by atoms with Crippen molar-refractivity contribution in [2.45, 2.75) is 25.7 Å². The van der Waals surface area contributed by atoms with Gasteiger partial charge in [-0.3, -0.25) is 0 Å².